The van der Waals surface area contributed by atoms with Crippen LogP contribution in [0.5, 0.6) is 5.75 Å². The number of nitrogens with one attached hydrogen (secondary N) is 1. The lowest BCUT2D eigenvalue weighted by Gasteiger charge is -2.47. The summed E-state index contributed by atoms with van der Waals surface area (Å²) in [6, 6.07) is 6.04. The molecule has 0 aliphatic carbocycles. The number of ether oxygens (including phenoxy) is 1. The van der Waals surface area contributed by atoms with Gasteiger partial charge in [-0.2, -0.15) is 8.78 Å². The van der Waals surface area contributed by atoms with Crippen molar-refractivity contribution in [2.75, 3.05) is 26.2 Å². The SMILES string of the molecule is CC.O=S(c1ccc(OC(F)F)cc1)N1CCC2(CC1)CNC2. The molecular formula is C16H24F2N2O2S. The second-order valence-electron chi connectivity index (χ2n) is 5.63. The van der Waals surface area contributed by atoms with E-state index in [4.69, 9.17) is 0 Å². The van der Waals surface area contributed by atoms with Crippen LogP contribution in [0.3, 0.4) is 0 Å². The van der Waals surface area contributed by atoms with Crippen LogP contribution in [0.25, 0.3) is 0 Å². The fraction of sp³-hybridized carbons (Fsp3) is 0.625. The van der Waals surface area contributed by atoms with Crippen molar-refractivity contribution in [2.45, 2.75) is 38.2 Å². The minimum Gasteiger partial charge on any atom is -0.435 e. The summed E-state index contributed by atoms with van der Waals surface area (Å²) in [6.07, 6.45) is 2.11. The summed E-state index contributed by atoms with van der Waals surface area (Å²) in [7, 11) is -1.23. The topological polar surface area (TPSA) is 41.6 Å². The predicted octanol–water partition coefficient (Wildman–Crippen LogP) is 3.02. The Labute approximate surface area is 138 Å². The smallest absolute Gasteiger partial charge is 0.387 e. The first-order valence-electron chi connectivity index (χ1n) is 8.00. The van der Waals surface area contributed by atoms with Crippen LogP contribution >= 0.6 is 0 Å². The number of hydrogen-bond acceptors (Lipinski definition) is 3. The molecule has 0 radical (unpaired) electrons. The number of rotatable bonds is 4. The number of benzene rings is 1. The summed E-state index contributed by atoms with van der Waals surface area (Å²) in [4.78, 5) is 0.624. The van der Waals surface area contributed by atoms with E-state index in [0.717, 1.165) is 39.0 Å². The van der Waals surface area contributed by atoms with E-state index >= 15 is 0 Å². The van der Waals surface area contributed by atoms with Crippen LogP contribution in [0.15, 0.2) is 29.2 Å². The highest BCUT2D eigenvalue weighted by molar-refractivity contribution is 7.82. The fourth-order valence-corrected chi connectivity index (χ4v) is 4.03. The molecule has 0 saturated carbocycles. The largest absolute Gasteiger partial charge is 0.435 e. The summed E-state index contributed by atoms with van der Waals surface area (Å²) >= 11 is 0. The molecule has 0 bridgehead atoms. The molecule has 7 heteroatoms. The van der Waals surface area contributed by atoms with Gasteiger partial charge in [-0.25, -0.2) is 8.51 Å². The minimum atomic E-state index is -2.84. The van der Waals surface area contributed by atoms with Crippen molar-refractivity contribution >= 4 is 11.0 Å². The van der Waals surface area contributed by atoms with Crippen molar-refractivity contribution < 1.29 is 17.7 Å². The van der Waals surface area contributed by atoms with Crippen LogP contribution in [-0.2, 0) is 11.0 Å². The van der Waals surface area contributed by atoms with E-state index in [9.17, 15) is 13.0 Å². The fourth-order valence-electron chi connectivity index (χ4n) is 2.85. The van der Waals surface area contributed by atoms with E-state index in [1.807, 2.05) is 18.2 Å². The molecule has 3 rings (SSSR count). The number of hydrogen-bond donors (Lipinski definition) is 1. The summed E-state index contributed by atoms with van der Waals surface area (Å²) in [6.45, 7) is 4.91. The molecule has 2 aliphatic heterocycles. The standard InChI is InChI=1S/C14H18F2N2O2S.C2H6/c15-13(16)20-11-1-3-12(4-2-11)21(19)18-7-5-14(6-8-18)9-17-10-14;1-2/h1-4,13,17H,5-10H2;1-2H3. The van der Waals surface area contributed by atoms with Crippen molar-refractivity contribution in [3.63, 3.8) is 0 Å². The number of halogens is 2. The maximum absolute atomic E-state index is 12.5. The van der Waals surface area contributed by atoms with Gasteiger partial charge in [0.15, 0.2) is 0 Å². The first-order valence-corrected chi connectivity index (χ1v) is 9.11. The van der Waals surface area contributed by atoms with E-state index in [-0.39, 0.29) is 5.75 Å². The van der Waals surface area contributed by atoms with Crippen LogP contribution in [-0.4, -0.2) is 41.3 Å². The molecule has 2 fully saturated rings. The zero-order valence-corrected chi connectivity index (χ0v) is 14.4. The molecule has 1 N–H and O–H groups in total. The predicted molar refractivity (Wildman–Crippen MR) is 86.9 cm³/mol. The van der Waals surface area contributed by atoms with Gasteiger partial charge in [0, 0.05) is 26.2 Å². The Morgan fingerprint density at radius 3 is 2.17 bits per heavy atom. The zero-order valence-electron chi connectivity index (χ0n) is 13.6. The third-order valence-electron chi connectivity index (χ3n) is 4.27. The Morgan fingerprint density at radius 1 is 1.17 bits per heavy atom. The first kappa shape index (κ1) is 18.3. The lowest BCUT2D eigenvalue weighted by Crippen LogP contribution is -2.58. The molecule has 1 unspecified atom stereocenters. The first-order chi connectivity index (χ1) is 11.1. The van der Waals surface area contributed by atoms with Crippen molar-refractivity contribution in [1.82, 2.24) is 9.62 Å². The monoisotopic (exact) mass is 346 g/mol. The van der Waals surface area contributed by atoms with Gasteiger partial charge in [-0.3, -0.25) is 0 Å². The van der Waals surface area contributed by atoms with Crippen LogP contribution < -0.4 is 10.1 Å². The molecule has 4 nitrogen and oxygen atoms in total. The molecule has 2 heterocycles. The van der Waals surface area contributed by atoms with Gasteiger partial charge in [0.2, 0.25) is 0 Å². The lowest BCUT2D eigenvalue weighted by molar-refractivity contribution is -0.0498. The molecule has 130 valence electrons. The van der Waals surface area contributed by atoms with Crippen molar-refractivity contribution in [2.24, 2.45) is 5.41 Å². The highest BCUT2D eigenvalue weighted by atomic mass is 32.2. The van der Waals surface area contributed by atoms with Crippen LogP contribution in [0, 0.1) is 5.41 Å². The highest BCUT2D eigenvalue weighted by Crippen LogP contribution is 2.36. The normalized spacial score (nSPS) is 21.3. The maximum Gasteiger partial charge on any atom is 0.387 e. The molecule has 1 aromatic carbocycles. The quantitative estimate of drug-likeness (QED) is 0.911. The summed E-state index contributed by atoms with van der Waals surface area (Å²) < 4.78 is 42.9. The zero-order chi connectivity index (χ0) is 16.9. The minimum absolute atomic E-state index is 0.0869. The molecular weight excluding hydrogens is 322 g/mol. The van der Waals surface area contributed by atoms with Crippen LogP contribution in [0.1, 0.15) is 26.7 Å². The van der Waals surface area contributed by atoms with Gasteiger partial charge in [-0.1, -0.05) is 13.8 Å². The van der Waals surface area contributed by atoms with Gasteiger partial charge in [0.25, 0.3) is 0 Å². The molecule has 2 saturated heterocycles. The van der Waals surface area contributed by atoms with Gasteiger partial charge in [-0.05, 0) is 42.5 Å². The van der Waals surface area contributed by atoms with Gasteiger partial charge in [0.05, 0.1) is 4.90 Å². The second-order valence-corrected chi connectivity index (χ2v) is 7.12. The summed E-state index contributed by atoms with van der Waals surface area (Å²) in [5.41, 5.74) is 0.412. The van der Waals surface area contributed by atoms with Crippen molar-refractivity contribution in [1.29, 1.82) is 0 Å². The maximum atomic E-state index is 12.5. The molecule has 0 aromatic heterocycles. The molecule has 23 heavy (non-hydrogen) atoms. The second kappa shape index (κ2) is 8.17. The van der Waals surface area contributed by atoms with Crippen molar-refractivity contribution in [3.05, 3.63) is 24.3 Å². The average molecular weight is 346 g/mol. The van der Waals surface area contributed by atoms with Crippen molar-refractivity contribution in [3.8, 4) is 5.75 Å². The lowest BCUT2D eigenvalue weighted by atomic mass is 9.74. The van der Waals surface area contributed by atoms with Gasteiger partial charge in [0.1, 0.15) is 16.7 Å². The molecule has 0 amide bonds. The van der Waals surface area contributed by atoms with E-state index in [1.54, 1.807) is 12.1 Å². The molecule has 1 atom stereocenters. The molecule has 1 spiro atoms. The summed E-state index contributed by atoms with van der Waals surface area (Å²) in [5, 5.41) is 3.30. The van der Waals surface area contributed by atoms with E-state index in [0.29, 0.717) is 10.3 Å². The number of piperidine rings is 1. The van der Waals surface area contributed by atoms with Crippen LogP contribution in [0.2, 0.25) is 0 Å². The highest BCUT2D eigenvalue weighted by Gasteiger charge is 2.40. The van der Waals surface area contributed by atoms with E-state index in [1.165, 1.54) is 12.1 Å². The van der Waals surface area contributed by atoms with Crippen LogP contribution in [0.4, 0.5) is 8.78 Å². The van der Waals surface area contributed by atoms with Gasteiger partial charge >= 0.3 is 6.61 Å². The Morgan fingerprint density at radius 2 is 1.74 bits per heavy atom. The van der Waals surface area contributed by atoms with Gasteiger partial charge in [-0.15, -0.1) is 0 Å². The Kier molecular flexibility index (Phi) is 6.50. The molecule has 1 aromatic rings. The Bertz CT molecular complexity index is 511. The number of nitrogens with zero attached hydrogens (tertiary/aromatic N) is 1. The Hall–Kier alpha value is -1.05. The average Bonchev–Trinajstić information content (AvgIpc) is 2.55. The van der Waals surface area contributed by atoms with E-state index in [2.05, 4.69) is 10.1 Å². The third-order valence-corrected chi connectivity index (χ3v) is 5.78. The Balaban J connectivity index is 0.000000924. The number of alkyl halides is 2. The summed E-state index contributed by atoms with van der Waals surface area (Å²) in [5.74, 6) is 0.0869. The molecule has 2 aliphatic rings. The van der Waals surface area contributed by atoms with Gasteiger partial charge < -0.3 is 10.1 Å². The third kappa shape index (κ3) is 4.49. The van der Waals surface area contributed by atoms with E-state index < -0.39 is 17.6 Å².